The molecule has 0 atom stereocenters. The van der Waals surface area contributed by atoms with Crippen LogP contribution in [0.5, 0.6) is 5.75 Å². The number of ether oxygens (including phenoxy) is 1. The van der Waals surface area contributed by atoms with Crippen molar-refractivity contribution in [2.75, 3.05) is 7.11 Å². The average Bonchev–Trinajstić information content (AvgIpc) is 2.97. The molecule has 0 amide bonds. The predicted octanol–water partition coefficient (Wildman–Crippen LogP) is 4.72. The second-order valence-electron chi connectivity index (χ2n) is 5.83. The van der Waals surface area contributed by atoms with Gasteiger partial charge in [-0.3, -0.25) is 0 Å². The van der Waals surface area contributed by atoms with Gasteiger partial charge >= 0.3 is 0 Å². The summed E-state index contributed by atoms with van der Waals surface area (Å²) < 4.78 is 5.30. The number of aromatic nitrogens is 1. The highest BCUT2D eigenvalue weighted by Gasteiger charge is 2.11. The Balaban J connectivity index is 1.78. The van der Waals surface area contributed by atoms with E-state index in [2.05, 4.69) is 41.4 Å². The molecular weight excluding hydrogens is 258 g/mol. The van der Waals surface area contributed by atoms with Gasteiger partial charge in [-0.25, -0.2) is 0 Å². The van der Waals surface area contributed by atoms with Gasteiger partial charge in [-0.15, -0.1) is 0 Å². The van der Waals surface area contributed by atoms with Crippen molar-refractivity contribution in [3.63, 3.8) is 0 Å². The van der Waals surface area contributed by atoms with Gasteiger partial charge in [0.25, 0.3) is 0 Å². The minimum absolute atomic E-state index is 0.901. The molecule has 0 spiro atoms. The molecule has 0 saturated heterocycles. The lowest BCUT2D eigenvalue weighted by molar-refractivity contribution is 0.415. The number of fused-ring (bicyclic) bond motifs is 2. The molecule has 21 heavy (non-hydrogen) atoms. The minimum atomic E-state index is 0.901. The van der Waals surface area contributed by atoms with E-state index >= 15 is 0 Å². The minimum Gasteiger partial charge on any atom is -0.497 e. The number of aromatic amines is 1. The van der Waals surface area contributed by atoms with E-state index in [0.717, 1.165) is 11.3 Å². The predicted molar refractivity (Wildman–Crippen MR) is 86.9 cm³/mol. The van der Waals surface area contributed by atoms with Crippen molar-refractivity contribution in [1.82, 2.24) is 4.98 Å². The lowest BCUT2D eigenvalue weighted by atomic mass is 9.90. The Bertz CT molecular complexity index is 800. The van der Waals surface area contributed by atoms with Gasteiger partial charge in [0.1, 0.15) is 5.75 Å². The van der Waals surface area contributed by atoms with E-state index in [0.29, 0.717) is 0 Å². The van der Waals surface area contributed by atoms with E-state index < -0.39 is 0 Å². The maximum absolute atomic E-state index is 5.30. The largest absolute Gasteiger partial charge is 0.497 e. The summed E-state index contributed by atoms with van der Waals surface area (Å²) in [5.74, 6) is 0.901. The molecule has 4 rings (SSSR count). The molecule has 1 aromatic heterocycles. The Morgan fingerprint density at radius 2 is 1.76 bits per heavy atom. The molecule has 1 aliphatic carbocycles. The molecule has 0 fully saturated rings. The summed E-state index contributed by atoms with van der Waals surface area (Å²) in [4.78, 5) is 3.51. The van der Waals surface area contributed by atoms with Crippen molar-refractivity contribution >= 4 is 10.9 Å². The summed E-state index contributed by atoms with van der Waals surface area (Å²) in [6.45, 7) is 0. The standard InChI is InChI=1S/C19H19NO/c1-21-17-8-9-18-16(11-17)12-19(20-18)15-7-6-13-4-2-3-5-14(13)10-15/h6-12,20H,2-5H2,1H3. The zero-order valence-corrected chi connectivity index (χ0v) is 12.3. The quantitative estimate of drug-likeness (QED) is 0.720. The molecule has 0 saturated carbocycles. The van der Waals surface area contributed by atoms with Gasteiger partial charge in [0, 0.05) is 16.6 Å². The summed E-state index contributed by atoms with van der Waals surface area (Å²) in [5.41, 5.74) is 6.68. The highest BCUT2D eigenvalue weighted by Crippen LogP contribution is 2.30. The maximum Gasteiger partial charge on any atom is 0.119 e. The Morgan fingerprint density at radius 3 is 2.62 bits per heavy atom. The zero-order chi connectivity index (χ0) is 14.2. The van der Waals surface area contributed by atoms with E-state index in [1.165, 1.54) is 53.5 Å². The van der Waals surface area contributed by atoms with Crippen LogP contribution < -0.4 is 4.74 Å². The smallest absolute Gasteiger partial charge is 0.119 e. The highest BCUT2D eigenvalue weighted by atomic mass is 16.5. The van der Waals surface area contributed by atoms with Crippen LogP contribution in [-0.4, -0.2) is 12.1 Å². The summed E-state index contributed by atoms with van der Waals surface area (Å²) >= 11 is 0. The fourth-order valence-electron chi connectivity index (χ4n) is 3.29. The van der Waals surface area contributed by atoms with E-state index in [9.17, 15) is 0 Å². The van der Waals surface area contributed by atoms with Gasteiger partial charge in [-0.2, -0.15) is 0 Å². The van der Waals surface area contributed by atoms with Crippen LogP contribution in [0.1, 0.15) is 24.0 Å². The van der Waals surface area contributed by atoms with E-state index in [1.807, 2.05) is 6.07 Å². The highest BCUT2D eigenvalue weighted by molar-refractivity contribution is 5.87. The van der Waals surface area contributed by atoms with Crippen LogP contribution >= 0.6 is 0 Å². The monoisotopic (exact) mass is 277 g/mol. The van der Waals surface area contributed by atoms with Crippen LogP contribution in [0.3, 0.4) is 0 Å². The van der Waals surface area contributed by atoms with E-state index in [4.69, 9.17) is 4.74 Å². The number of nitrogens with one attached hydrogen (secondary N) is 1. The third kappa shape index (κ3) is 2.21. The summed E-state index contributed by atoms with van der Waals surface area (Å²) in [6, 6.07) is 15.3. The molecule has 3 aromatic rings. The molecule has 2 nitrogen and oxygen atoms in total. The van der Waals surface area contributed by atoms with Crippen LogP contribution in [0.25, 0.3) is 22.2 Å². The first-order valence-corrected chi connectivity index (χ1v) is 7.62. The zero-order valence-electron chi connectivity index (χ0n) is 12.3. The molecule has 0 bridgehead atoms. The van der Waals surface area contributed by atoms with Crippen molar-refractivity contribution in [1.29, 1.82) is 0 Å². The molecule has 0 radical (unpaired) electrons. The van der Waals surface area contributed by atoms with Crippen molar-refractivity contribution < 1.29 is 4.74 Å². The normalized spacial score (nSPS) is 14.1. The molecular formula is C19H19NO. The number of methoxy groups -OCH3 is 1. The van der Waals surface area contributed by atoms with Gasteiger partial charge in [0.05, 0.1) is 7.11 Å². The summed E-state index contributed by atoms with van der Waals surface area (Å²) in [5, 5.41) is 1.20. The molecule has 1 N–H and O–H groups in total. The lowest BCUT2D eigenvalue weighted by Gasteiger charge is -2.16. The van der Waals surface area contributed by atoms with Gasteiger partial charge < -0.3 is 9.72 Å². The van der Waals surface area contributed by atoms with Crippen LogP contribution in [0, 0.1) is 0 Å². The van der Waals surface area contributed by atoms with Crippen molar-refractivity contribution in [2.45, 2.75) is 25.7 Å². The summed E-state index contributed by atoms with van der Waals surface area (Å²) in [6.07, 6.45) is 5.11. The first-order valence-electron chi connectivity index (χ1n) is 7.62. The molecule has 1 aliphatic rings. The van der Waals surface area contributed by atoms with Gasteiger partial charge in [0.15, 0.2) is 0 Å². The second kappa shape index (κ2) is 4.96. The number of benzene rings is 2. The fraction of sp³-hybridized carbons (Fsp3) is 0.263. The number of rotatable bonds is 2. The number of H-pyrrole nitrogens is 1. The molecule has 2 aromatic carbocycles. The first kappa shape index (κ1) is 12.5. The van der Waals surface area contributed by atoms with E-state index in [1.54, 1.807) is 7.11 Å². The van der Waals surface area contributed by atoms with Crippen molar-refractivity contribution in [3.8, 4) is 17.0 Å². The maximum atomic E-state index is 5.30. The second-order valence-corrected chi connectivity index (χ2v) is 5.83. The first-order chi connectivity index (χ1) is 10.3. The van der Waals surface area contributed by atoms with Crippen molar-refractivity contribution in [3.05, 3.63) is 53.6 Å². The summed E-state index contributed by atoms with van der Waals surface area (Å²) in [7, 11) is 1.71. The molecule has 106 valence electrons. The number of hydrogen-bond acceptors (Lipinski definition) is 1. The molecule has 0 unspecified atom stereocenters. The van der Waals surface area contributed by atoms with Crippen molar-refractivity contribution in [2.24, 2.45) is 0 Å². The average molecular weight is 277 g/mol. The van der Waals surface area contributed by atoms with E-state index in [-0.39, 0.29) is 0 Å². The van der Waals surface area contributed by atoms with Gasteiger partial charge in [-0.1, -0.05) is 12.1 Å². The molecule has 0 aliphatic heterocycles. The van der Waals surface area contributed by atoms with Crippen LogP contribution in [0.2, 0.25) is 0 Å². The Kier molecular flexibility index (Phi) is 2.95. The lowest BCUT2D eigenvalue weighted by Crippen LogP contribution is -2.02. The Morgan fingerprint density at radius 1 is 0.905 bits per heavy atom. The van der Waals surface area contributed by atoms with Crippen LogP contribution in [0.4, 0.5) is 0 Å². The molecule has 1 heterocycles. The Labute approximate surface area is 124 Å². The van der Waals surface area contributed by atoms with Crippen LogP contribution in [0.15, 0.2) is 42.5 Å². The third-order valence-electron chi connectivity index (χ3n) is 4.49. The SMILES string of the molecule is COc1ccc2[nH]c(-c3ccc4c(c3)CCCC4)cc2c1. The number of hydrogen-bond donors (Lipinski definition) is 1. The van der Waals surface area contributed by atoms with Gasteiger partial charge in [-0.05, 0) is 72.7 Å². The third-order valence-corrected chi connectivity index (χ3v) is 4.49. The fourth-order valence-corrected chi connectivity index (χ4v) is 3.29. The van der Waals surface area contributed by atoms with Crippen LogP contribution in [-0.2, 0) is 12.8 Å². The topological polar surface area (TPSA) is 25.0 Å². The Hall–Kier alpha value is -2.22. The number of aryl methyl sites for hydroxylation is 2. The molecule has 2 heteroatoms. The van der Waals surface area contributed by atoms with Gasteiger partial charge in [0.2, 0.25) is 0 Å².